The molecule has 0 saturated carbocycles. The minimum absolute atomic E-state index is 0.190. The minimum atomic E-state index is -4.41. The number of thiocarbonyl (C=S) groups is 1. The number of fused-ring (bicyclic) bond motifs is 1. The Morgan fingerprint density at radius 2 is 1.96 bits per heavy atom. The Bertz CT molecular complexity index is 841. The molecule has 3 N–H and O–H groups in total. The first-order valence-electron chi connectivity index (χ1n) is 7.57. The zero-order valence-electron chi connectivity index (χ0n) is 13.5. The van der Waals surface area contributed by atoms with E-state index in [2.05, 4.69) is 4.90 Å². The molecule has 0 aromatic heterocycles. The number of rotatable bonds is 4. The second-order valence-electron chi connectivity index (χ2n) is 5.53. The molecule has 0 spiro atoms. The Morgan fingerprint density at radius 1 is 1.23 bits per heavy atom. The Balaban J connectivity index is 1.83. The van der Waals surface area contributed by atoms with Crippen LogP contribution in [-0.2, 0) is 4.79 Å². The molecule has 0 atom stereocenters. The van der Waals surface area contributed by atoms with E-state index in [1.807, 2.05) is 31.2 Å². The number of hydrogen-bond donors (Lipinski definition) is 3. The molecular formula is C15H16ClN2O4PS3. The number of allylic oxidation sites excluding steroid dienone is 2. The molecule has 0 radical (unpaired) electrons. The third-order valence-electron chi connectivity index (χ3n) is 3.63. The molecule has 6 nitrogen and oxygen atoms in total. The summed E-state index contributed by atoms with van der Waals surface area (Å²) in [6.07, 6.45) is 2.93. The molecule has 140 valence electrons. The fourth-order valence-electron chi connectivity index (χ4n) is 2.53. The van der Waals surface area contributed by atoms with Crippen molar-refractivity contribution in [2.75, 3.05) is 17.7 Å². The molecule has 1 fully saturated rings. The van der Waals surface area contributed by atoms with Gasteiger partial charge in [-0.1, -0.05) is 0 Å². The molecule has 0 aliphatic carbocycles. The Morgan fingerprint density at radius 3 is 2.62 bits per heavy atom. The topological polar surface area (TPSA) is 84.2 Å². The molecule has 11 heteroatoms. The van der Waals surface area contributed by atoms with E-state index < -0.39 is 20.1 Å². The van der Waals surface area contributed by atoms with E-state index in [0.717, 1.165) is 38.8 Å². The van der Waals surface area contributed by atoms with Gasteiger partial charge in [-0.15, -0.1) is 0 Å². The molecule has 2 heterocycles. The van der Waals surface area contributed by atoms with Crippen LogP contribution in [-0.4, -0.2) is 42.6 Å². The van der Waals surface area contributed by atoms with Gasteiger partial charge in [-0.05, 0) is 0 Å². The number of amides is 1. The number of benzene rings is 1. The fraction of sp³-hybridized carbons (Fsp3) is 0.200. The van der Waals surface area contributed by atoms with Crippen LogP contribution >= 0.6 is 55.3 Å². The predicted molar refractivity (Wildman–Crippen MR) is 113 cm³/mol. The summed E-state index contributed by atoms with van der Waals surface area (Å²) in [6, 6.07) is 5.70. The molecule has 1 saturated heterocycles. The fourth-order valence-corrected chi connectivity index (χ4v) is 5.96. The molecule has 1 aromatic carbocycles. The van der Waals surface area contributed by atoms with Gasteiger partial charge in [-0.25, -0.2) is 0 Å². The van der Waals surface area contributed by atoms with E-state index in [4.69, 9.17) is 23.8 Å². The molecule has 1 amide bonds. The number of halogens is 1. The van der Waals surface area contributed by atoms with E-state index >= 15 is 0 Å². The Kier molecular flexibility index (Phi) is 6.01. The maximum atomic E-state index is 12.4. The van der Waals surface area contributed by atoms with Crippen LogP contribution < -0.4 is 4.90 Å². The summed E-state index contributed by atoms with van der Waals surface area (Å²) < 4.78 is 0.190. The third-order valence-corrected chi connectivity index (χ3v) is 7.13. The molecule has 26 heavy (non-hydrogen) atoms. The molecule has 2 aliphatic heterocycles. The average Bonchev–Trinajstić information content (AvgIpc) is 3.03. The van der Waals surface area contributed by atoms with Crippen LogP contribution in [0.1, 0.15) is 6.92 Å². The number of carbonyl (C=O) groups excluding carboxylic acids is 1. The Labute approximate surface area is 170 Å². The standard InChI is InChI=1S/C15H16ClN2O4PS3/c1-2-17-10-7-9(16)3-4-11(10)25-13(17)6-5-12-14(19)18(15(24)26-12)8-23(20,21)22/h3-7,20-23H,2,8H2,1H3/b12-5+,13-6-. The number of thioether (sulfide) groups is 2. The predicted octanol–water partition coefficient (Wildman–Crippen LogP) is 3.29. The van der Waals surface area contributed by atoms with Crippen LogP contribution in [0.5, 0.6) is 0 Å². The van der Waals surface area contributed by atoms with Gasteiger partial charge in [0.2, 0.25) is 0 Å². The summed E-state index contributed by atoms with van der Waals surface area (Å²) in [4.78, 5) is 44.6. The number of nitrogens with zero attached hydrogens (tertiary/aromatic N) is 2. The summed E-state index contributed by atoms with van der Waals surface area (Å²) in [5.74, 6) is -0.447. The van der Waals surface area contributed by atoms with Gasteiger partial charge in [-0.2, -0.15) is 0 Å². The quantitative estimate of drug-likeness (QED) is 0.366. The summed E-state index contributed by atoms with van der Waals surface area (Å²) >= 11 is 13.8. The van der Waals surface area contributed by atoms with E-state index in [1.165, 1.54) is 0 Å². The molecule has 1 aromatic rings. The second kappa shape index (κ2) is 7.77. The van der Waals surface area contributed by atoms with Crippen LogP contribution in [0.2, 0.25) is 5.02 Å². The van der Waals surface area contributed by atoms with Gasteiger partial charge in [0.05, 0.1) is 0 Å². The summed E-state index contributed by atoms with van der Waals surface area (Å²) in [7, 11) is -4.41. The second-order valence-corrected chi connectivity index (χ2v) is 10.6. The van der Waals surface area contributed by atoms with Gasteiger partial charge < -0.3 is 0 Å². The van der Waals surface area contributed by atoms with Gasteiger partial charge in [0.25, 0.3) is 0 Å². The van der Waals surface area contributed by atoms with Gasteiger partial charge in [0.15, 0.2) is 0 Å². The Hall–Kier alpha value is -0.640. The van der Waals surface area contributed by atoms with E-state index in [9.17, 15) is 19.5 Å². The van der Waals surface area contributed by atoms with Crippen molar-refractivity contribution in [3.63, 3.8) is 0 Å². The van der Waals surface area contributed by atoms with Crippen molar-refractivity contribution < 1.29 is 19.5 Å². The van der Waals surface area contributed by atoms with Gasteiger partial charge in [0.1, 0.15) is 0 Å². The van der Waals surface area contributed by atoms with Crippen molar-refractivity contribution in [3.05, 3.63) is 45.3 Å². The van der Waals surface area contributed by atoms with Gasteiger partial charge in [0, 0.05) is 0 Å². The number of carbonyl (C=O) groups is 1. The van der Waals surface area contributed by atoms with E-state index in [-0.39, 0.29) is 4.32 Å². The summed E-state index contributed by atoms with van der Waals surface area (Å²) in [6.45, 7) is 2.77. The molecule has 3 rings (SSSR count). The zero-order valence-corrected chi connectivity index (χ0v) is 17.8. The molecular weight excluding hydrogens is 435 g/mol. The number of anilines is 1. The summed E-state index contributed by atoms with van der Waals surface area (Å²) in [5.41, 5.74) is 1.02. The first kappa shape index (κ1) is 20.1. The van der Waals surface area contributed by atoms with Crippen molar-refractivity contribution in [1.29, 1.82) is 0 Å². The first-order valence-corrected chi connectivity index (χ1v) is 12.0. The van der Waals surface area contributed by atoms with Crippen LogP contribution in [0.25, 0.3) is 0 Å². The maximum absolute atomic E-state index is 12.4. The monoisotopic (exact) mass is 450 g/mol. The SMILES string of the molecule is CCN1/C(=C/C=C2/SC(=S)N(C[PH](O)(O)O)C2=O)Sc2ccc(Cl)cc21. The number of hydrogen-bond acceptors (Lipinski definition) is 8. The molecule has 0 bridgehead atoms. The van der Waals surface area contributed by atoms with Crippen LogP contribution in [0, 0.1) is 0 Å². The zero-order chi connectivity index (χ0) is 19.1. The van der Waals surface area contributed by atoms with Crippen LogP contribution in [0.4, 0.5) is 5.69 Å². The average molecular weight is 451 g/mol. The van der Waals surface area contributed by atoms with Gasteiger partial charge >= 0.3 is 170 Å². The van der Waals surface area contributed by atoms with Crippen LogP contribution in [0.3, 0.4) is 0 Å². The van der Waals surface area contributed by atoms with Crippen molar-refractivity contribution in [3.8, 4) is 0 Å². The molecule has 2 aliphatic rings. The van der Waals surface area contributed by atoms with Crippen LogP contribution in [0.15, 0.2) is 45.2 Å². The third kappa shape index (κ3) is 4.26. The van der Waals surface area contributed by atoms with Crippen molar-refractivity contribution in [2.24, 2.45) is 0 Å². The van der Waals surface area contributed by atoms with Crippen molar-refractivity contribution in [1.82, 2.24) is 4.90 Å². The first-order chi connectivity index (χ1) is 12.2. The molecule has 0 unspecified atom stereocenters. The summed E-state index contributed by atoms with van der Waals surface area (Å²) in [5, 5.41) is 1.61. The van der Waals surface area contributed by atoms with Crippen molar-refractivity contribution in [2.45, 2.75) is 11.8 Å². The normalized spacial score (nSPS) is 21.3. The van der Waals surface area contributed by atoms with Crippen molar-refractivity contribution >= 4 is 71.2 Å². The van der Waals surface area contributed by atoms with E-state index in [0.29, 0.717) is 9.93 Å². The van der Waals surface area contributed by atoms with Gasteiger partial charge in [-0.3, -0.25) is 0 Å². The van der Waals surface area contributed by atoms with E-state index in [1.54, 1.807) is 17.8 Å².